The van der Waals surface area contributed by atoms with Gasteiger partial charge in [-0.25, -0.2) is 4.79 Å². The standard InChI is InChI=1S/C17H17N3O3/c1-23-17(22)13-4-2-3-5-14(13)20-16(21)15-10-12(8-9-18-15)19-11-6-7-11/h2-5,8-11H,6-7H2,1H3,(H,18,19)(H,20,21). The third-order valence-corrected chi connectivity index (χ3v) is 3.52. The second-order valence-electron chi connectivity index (χ2n) is 5.34. The molecule has 23 heavy (non-hydrogen) atoms. The number of amides is 1. The summed E-state index contributed by atoms with van der Waals surface area (Å²) in [6.45, 7) is 0. The molecule has 0 bridgehead atoms. The van der Waals surface area contributed by atoms with Crippen LogP contribution in [0.4, 0.5) is 11.4 Å². The third-order valence-electron chi connectivity index (χ3n) is 3.52. The minimum atomic E-state index is -0.502. The number of rotatable bonds is 5. The molecule has 0 spiro atoms. The normalized spacial score (nSPS) is 13.3. The Kier molecular flexibility index (Phi) is 4.23. The summed E-state index contributed by atoms with van der Waals surface area (Å²) in [5.74, 6) is -0.876. The summed E-state index contributed by atoms with van der Waals surface area (Å²) in [7, 11) is 1.30. The van der Waals surface area contributed by atoms with Crippen LogP contribution in [0.15, 0.2) is 42.6 Å². The molecule has 1 aliphatic rings. The first kappa shape index (κ1) is 15.0. The van der Waals surface area contributed by atoms with Crippen LogP contribution >= 0.6 is 0 Å². The van der Waals surface area contributed by atoms with Gasteiger partial charge in [0.05, 0.1) is 18.4 Å². The topological polar surface area (TPSA) is 80.3 Å². The van der Waals surface area contributed by atoms with Gasteiger partial charge in [0.2, 0.25) is 0 Å². The number of nitrogens with one attached hydrogen (secondary N) is 2. The second-order valence-corrected chi connectivity index (χ2v) is 5.34. The third kappa shape index (κ3) is 3.66. The summed E-state index contributed by atoms with van der Waals surface area (Å²) in [5, 5.41) is 6.03. The van der Waals surface area contributed by atoms with Gasteiger partial charge in [-0.05, 0) is 37.1 Å². The van der Waals surface area contributed by atoms with E-state index in [1.807, 2.05) is 6.07 Å². The fourth-order valence-electron chi connectivity index (χ4n) is 2.17. The minimum absolute atomic E-state index is 0.287. The van der Waals surface area contributed by atoms with Crippen molar-refractivity contribution in [2.24, 2.45) is 0 Å². The highest BCUT2D eigenvalue weighted by atomic mass is 16.5. The average Bonchev–Trinajstić information content (AvgIpc) is 3.39. The van der Waals surface area contributed by atoms with Crippen LogP contribution in [-0.2, 0) is 4.74 Å². The summed E-state index contributed by atoms with van der Waals surface area (Å²) in [6, 6.07) is 10.7. The zero-order chi connectivity index (χ0) is 16.2. The highest BCUT2D eigenvalue weighted by Gasteiger charge is 2.21. The van der Waals surface area contributed by atoms with Crippen LogP contribution in [0, 0.1) is 0 Å². The fraction of sp³-hybridized carbons (Fsp3) is 0.235. The number of methoxy groups -OCH3 is 1. The summed E-state index contributed by atoms with van der Waals surface area (Å²) < 4.78 is 4.72. The van der Waals surface area contributed by atoms with Crippen LogP contribution in [0.1, 0.15) is 33.7 Å². The zero-order valence-electron chi connectivity index (χ0n) is 12.7. The monoisotopic (exact) mass is 311 g/mol. The van der Waals surface area contributed by atoms with E-state index in [4.69, 9.17) is 4.74 Å². The molecule has 0 radical (unpaired) electrons. The van der Waals surface area contributed by atoms with Gasteiger partial charge in [-0.15, -0.1) is 0 Å². The molecule has 1 heterocycles. The van der Waals surface area contributed by atoms with Crippen LogP contribution in [0.25, 0.3) is 0 Å². The number of anilines is 2. The van der Waals surface area contributed by atoms with Crippen molar-refractivity contribution in [1.82, 2.24) is 4.98 Å². The lowest BCUT2D eigenvalue weighted by atomic mass is 10.1. The molecule has 1 amide bonds. The molecule has 0 saturated heterocycles. The molecule has 2 N–H and O–H groups in total. The molecule has 1 aromatic carbocycles. The summed E-state index contributed by atoms with van der Waals surface area (Å²) >= 11 is 0. The first-order valence-electron chi connectivity index (χ1n) is 7.38. The van der Waals surface area contributed by atoms with Crippen LogP contribution < -0.4 is 10.6 Å². The van der Waals surface area contributed by atoms with Crippen LogP contribution in [0.2, 0.25) is 0 Å². The molecular weight excluding hydrogens is 294 g/mol. The van der Waals surface area contributed by atoms with E-state index in [0.717, 1.165) is 18.5 Å². The minimum Gasteiger partial charge on any atom is -0.465 e. The first-order valence-corrected chi connectivity index (χ1v) is 7.38. The molecule has 0 aliphatic heterocycles. The van der Waals surface area contributed by atoms with Crippen LogP contribution in [0.5, 0.6) is 0 Å². The SMILES string of the molecule is COC(=O)c1ccccc1NC(=O)c1cc(NC2CC2)ccn1. The Balaban J connectivity index is 1.78. The van der Waals surface area contributed by atoms with Crippen molar-refractivity contribution >= 4 is 23.3 Å². The van der Waals surface area contributed by atoms with E-state index < -0.39 is 5.97 Å². The maximum atomic E-state index is 12.4. The molecule has 0 atom stereocenters. The molecule has 118 valence electrons. The maximum Gasteiger partial charge on any atom is 0.339 e. The Hall–Kier alpha value is -2.89. The maximum absolute atomic E-state index is 12.4. The van der Waals surface area contributed by atoms with Gasteiger partial charge >= 0.3 is 5.97 Å². The van der Waals surface area contributed by atoms with Gasteiger partial charge in [0.15, 0.2) is 0 Å². The number of para-hydroxylation sites is 1. The molecule has 1 saturated carbocycles. The van der Waals surface area contributed by atoms with Gasteiger partial charge in [-0.1, -0.05) is 12.1 Å². The number of aromatic nitrogens is 1. The Morgan fingerprint density at radius 1 is 1.22 bits per heavy atom. The Morgan fingerprint density at radius 2 is 2.00 bits per heavy atom. The highest BCUT2D eigenvalue weighted by molar-refractivity contribution is 6.07. The van der Waals surface area contributed by atoms with Gasteiger partial charge in [-0.3, -0.25) is 9.78 Å². The number of carbonyl (C=O) groups is 2. The molecule has 6 nitrogen and oxygen atoms in total. The predicted molar refractivity (Wildman–Crippen MR) is 86.6 cm³/mol. The largest absolute Gasteiger partial charge is 0.465 e. The van der Waals surface area contributed by atoms with Crippen molar-refractivity contribution in [2.75, 3.05) is 17.7 Å². The van der Waals surface area contributed by atoms with Crippen molar-refractivity contribution in [3.05, 3.63) is 53.9 Å². The fourth-order valence-corrected chi connectivity index (χ4v) is 2.17. The lowest BCUT2D eigenvalue weighted by Gasteiger charge is -2.10. The van der Waals surface area contributed by atoms with E-state index in [1.54, 1.807) is 36.5 Å². The zero-order valence-corrected chi connectivity index (χ0v) is 12.7. The first-order chi connectivity index (χ1) is 11.2. The van der Waals surface area contributed by atoms with E-state index in [-0.39, 0.29) is 11.6 Å². The van der Waals surface area contributed by atoms with E-state index in [1.165, 1.54) is 7.11 Å². The van der Waals surface area contributed by atoms with Gasteiger partial charge in [0.25, 0.3) is 5.91 Å². The molecule has 2 aromatic rings. The van der Waals surface area contributed by atoms with Crippen molar-refractivity contribution in [1.29, 1.82) is 0 Å². The summed E-state index contributed by atoms with van der Waals surface area (Å²) in [6.07, 6.45) is 3.89. The van der Waals surface area contributed by atoms with Gasteiger partial charge in [0, 0.05) is 17.9 Å². The Labute approximate surface area is 133 Å². The van der Waals surface area contributed by atoms with Gasteiger partial charge in [0.1, 0.15) is 5.69 Å². The van der Waals surface area contributed by atoms with Crippen LogP contribution in [0.3, 0.4) is 0 Å². The molecule has 0 unspecified atom stereocenters. The van der Waals surface area contributed by atoms with Crippen molar-refractivity contribution in [2.45, 2.75) is 18.9 Å². The second kappa shape index (κ2) is 6.48. The molecular formula is C17H17N3O3. The average molecular weight is 311 g/mol. The van der Waals surface area contributed by atoms with E-state index in [2.05, 4.69) is 15.6 Å². The quantitative estimate of drug-likeness (QED) is 0.830. The number of hydrogen-bond acceptors (Lipinski definition) is 5. The predicted octanol–water partition coefficient (Wildman–Crippen LogP) is 2.69. The van der Waals surface area contributed by atoms with Crippen molar-refractivity contribution < 1.29 is 14.3 Å². The lowest BCUT2D eigenvalue weighted by Crippen LogP contribution is -2.17. The van der Waals surface area contributed by atoms with Crippen molar-refractivity contribution in [3.63, 3.8) is 0 Å². The number of ether oxygens (including phenoxy) is 1. The molecule has 1 fully saturated rings. The van der Waals surface area contributed by atoms with E-state index in [9.17, 15) is 9.59 Å². The number of pyridine rings is 1. The molecule has 3 rings (SSSR count). The van der Waals surface area contributed by atoms with Crippen LogP contribution in [-0.4, -0.2) is 30.0 Å². The summed E-state index contributed by atoms with van der Waals surface area (Å²) in [4.78, 5) is 28.2. The van der Waals surface area contributed by atoms with E-state index >= 15 is 0 Å². The van der Waals surface area contributed by atoms with E-state index in [0.29, 0.717) is 17.3 Å². The Bertz CT molecular complexity index is 741. The number of nitrogens with zero attached hydrogens (tertiary/aromatic N) is 1. The summed E-state index contributed by atoms with van der Waals surface area (Å²) in [5.41, 5.74) is 1.85. The number of esters is 1. The lowest BCUT2D eigenvalue weighted by molar-refractivity contribution is 0.0602. The molecule has 6 heteroatoms. The highest BCUT2D eigenvalue weighted by Crippen LogP contribution is 2.25. The molecule has 1 aliphatic carbocycles. The van der Waals surface area contributed by atoms with Gasteiger partial charge in [-0.2, -0.15) is 0 Å². The van der Waals surface area contributed by atoms with Crippen molar-refractivity contribution in [3.8, 4) is 0 Å². The molecule has 1 aromatic heterocycles. The number of hydrogen-bond donors (Lipinski definition) is 2. The van der Waals surface area contributed by atoms with Gasteiger partial charge < -0.3 is 15.4 Å². The smallest absolute Gasteiger partial charge is 0.339 e. The number of benzene rings is 1. The number of carbonyl (C=O) groups excluding carboxylic acids is 2. The Morgan fingerprint density at radius 3 is 2.74 bits per heavy atom.